The van der Waals surface area contributed by atoms with E-state index in [1.165, 1.54) is 12.1 Å². The van der Waals surface area contributed by atoms with E-state index in [9.17, 15) is 14.3 Å². The highest BCUT2D eigenvalue weighted by molar-refractivity contribution is 5.70. The van der Waals surface area contributed by atoms with Gasteiger partial charge in [-0.1, -0.05) is 12.1 Å². The van der Waals surface area contributed by atoms with Gasteiger partial charge >= 0.3 is 5.97 Å². The van der Waals surface area contributed by atoms with E-state index >= 15 is 0 Å². The molecule has 150 valence electrons. The predicted octanol–water partition coefficient (Wildman–Crippen LogP) is 4.17. The largest absolute Gasteiger partial charge is 0.497 e. The number of carbonyl (C=O) groups is 1. The predicted molar refractivity (Wildman–Crippen MR) is 104 cm³/mol. The van der Waals surface area contributed by atoms with Crippen LogP contribution in [-0.4, -0.2) is 31.3 Å². The zero-order valence-electron chi connectivity index (χ0n) is 16.2. The summed E-state index contributed by atoms with van der Waals surface area (Å²) in [6.45, 7) is 0. The molecule has 1 fully saturated rings. The Morgan fingerprint density at radius 3 is 2.50 bits per heavy atom. The number of nitrogens with one attached hydrogen (secondary N) is 1. The Morgan fingerprint density at radius 1 is 1.11 bits per heavy atom. The molecule has 28 heavy (non-hydrogen) atoms. The number of hydrogen-bond acceptors (Lipinski definition) is 4. The summed E-state index contributed by atoms with van der Waals surface area (Å²) in [5.41, 5.74) is 1.64. The maximum absolute atomic E-state index is 14.1. The smallest absolute Gasteiger partial charge is 0.306 e. The number of aliphatic carboxylic acids is 1. The number of hydrogen-bond donors (Lipinski definition) is 2. The minimum absolute atomic E-state index is 0.139. The molecule has 1 aliphatic carbocycles. The van der Waals surface area contributed by atoms with E-state index < -0.39 is 5.97 Å². The Hall–Kier alpha value is -2.60. The highest BCUT2D eigenvalue weighted by Crippen LogP contribution is 2.34. The normalized spacial score (nSPS) is 20.4. The fourth-order valence-corrected chi connectivity index (χ4v) is 3.86. The molecule has 2 aromatic rings. The summed E-state index contributed by atoms with van der Waals surface area (Å²) >= 11 is 0. The van der Waals surface area contributed by atoms with Crippen LogP contribution in [0.5, 0.6) is 11.5 Å². The molecule has 0 radical (unpaired) electrons. The van der Waals surface area contributed by atoms with Crippen molar-refractivity contribution >= 4 is 5.97 Å². The molecule has 1 aliphatic rings. The van der Waals surface area contributed by atoms with Crippen molar-refractivity contribution in [3.05, 3.63) is 59.4 Å². The van der Waals surface area contributed by atoms with Gasteiger partial charge in [-0.05, 0) is 61.6 Å². The molecule has 0 spiro atoms. The van der Waals surface area contributed by atoms with Gasteiger partial charge in [-0.2, -0.15) is 0 Å². The summed E-state index contributed by atoms with van der Waals surface area (Å²) in [4.78, 5) is 11.2. The quantitative estimate of drug-likeness (QED) is 0.747. The van der Waals surface area contributed by atoms with Gasteiger partial charge in [-0.25, -0.2) is 4.39 Å². The van der Waals surface area contributed by atoms with Gasteiger partial charge in [0, 0.05) is 11.6 Å². The summed E-state index contributed by atoms with van der Waals surface area (Å²) in [7, 11) is 3.18. The molecule has 2 N–H and O–H groups in total. The molecule has 0 heterocycles. The number of ether oxygens (including phenoxy) is 2. The van der Waals surface area contributed by atoms with E-state index in [1.54, 1.807) is 20.3 Å². The lowest BCUT2D eigenvalue weighted by atomic mass is 9.85. The molecule has 2 aromatic carbocycles. The molecule has 6 heteroatoms. The van der Waals surface area contributed by atoms with Crippen LogP contribution in [0.3, 0.4) is 0 Å². The summed E-state index contributed by atoms with van der Waals surface area (Å²) < 4.78 is 24.9. The minimum atomic E-state index is -0.727. The van der Waals surface area contributed by atoms with Gasteiger partial charge in [-0.15, -0.1) is 0 Å². The van der Waals surface area contributed by atoms with Crippen LogP contribution in [0.1, 0.15) is 42.9 Å². The molecular weight excluding hydrogens is 361 g/mol. The average Bonchev–Trinajstić information content (AvgIpc) is 2.72. The van der Waals surface area contributed by atoms with Crippen LogP contribution >= 0.6 is 0 Å². The third-order valence-corrected chi connectivity index (χ3v) is 5.41. The summed E-state index contributed by atoms with van der Waals surface area (Å²) in [5.74, 6) is -0.0260. The summed E-state index contributed by atoms with van der Waals surface area (Å²) in [6, 6.07) is 12.0. The molecule has 0 bridgehead atoms. The van der Waals surface area contributed by atoms with Crippen molar-refractivity contribution in [3.63, 3.8) is 0 Å². The second-order valence-corrected chi connectivity index (χ2v) is 7.15. The standard InChI is InChI=1S/C22H26FNO4/c1-27-18-5-3-4-15(12-18)21(19-13-16(23)8-11-20(19)28-2)24-17-9-6-14(7-10-17)22(25)26/h3-5,8,11-14,17,21,24H,6-7,9-10H2,1-2H3,(H,25,26). The van der Waals surface area contributed by atoms with Crippen molar-refractivity contribution in [2.45, 2.75) is 37.8 Å². The first-order valence-corrected chi connectivity index (χ1v) is 9.48. The Kier molecular flexibility index (Phi) is 6.52. The van der Waals surface area contributed by atoms with Crippen molar-refractivity contribution in [2.24, 2.45) is 5.92 Å². The van der Waals surface area contributed by atoms with E-state index in [0.29, 0.717) is 29.9 Å². The summed E-state index contributed by atoms with van der Waals surface area (Å²) in [5, 5.41) is 12.8. The molecule has 0 saturated heterocycles. The topological polar surface area (TPSA) is 67.8 Å². The molecule has 5 nitrogen and oxygen atoms in total. The molecule has 0 aliphatic heterocycles. The lowest BCUT2D eigenvalue weighted by Crippen LogP contribution is -2.38. The lowest BCUT2D eigenvalue weighted by molar-refractivity contribution is -0.142. The highest BCUT2D eigenvalue weighted by Gasteiger charge is 2.29. The second kappa shape index (κ2) is 9.06. The first-order chi connectivity index (χ1) is 13.5. The van der Waals surface area contributed by atoms with Gasteiger partial charge in [0.25, 0.3) is 0 Å². The number of methoxy groups -OCH3 is 2. The molecule has 3 rings (SSSR count). The number of rotatable bonds is 7. The molecule has 0 amide bonds. The fraction of sp³-hybridized carbons (Fsp3) is 0.409. The van der Waals surface area contributed by atoms with Crippen LogP contribution in [0.2, 0.25) is 0 Å². The van der Waals surface area contributed by atoms with Crippen molar-refractivity contribution < 1.29 is 23.8 Å². The summed E-state index contributed by atoms with van der Waals surface area (Å²) in [6.07, 6.45) is 2.79. The highest BCUT2D eigenvalue weighted by atomic mass is 19.1. The zero-order valence-corrected chi connectivity index (χ0v) is 16.2. The number of benzene rings is 2. The van der Waals surface area contributed by atoms with Crippen molar-refractivity contribution in [2.75, 3.05) is 14.2 Å². The van der Waals surface area contributed by atoms with Crippen molar-refractivity contribution in [1.29, 1.82) is 0 Å². The third-order valence-electron chi connectivity index (χ3n) is 5.41. The van der Waals surface area contributed by atoms with Gasteiger partial charge in [0.2, 0.25) is 0 Å². The van der Waals surface area contributed by atoms with E-state index in [1.807, 2.05) is 24.3 Å². The first-order valence-electron chi connectivity index (χ1n) is 9.48. The SMILES string of the molecule is COc1cccc(C(NC2CCC(C(=O)O)CC2)c2cc(F)ccc2OC)c1. The van der Waals surface area contributed by atoms with Gasteiger partial charge in [0.15, 0.2) is 0 Å². The van der Waals surface area contributed by atoms with E-state index in [4.69, 9.17) is 9.47 Å². The van der Waals surface area contributed by atoms with E-state index in [-0.39, 0.29) is 23.8 Å². The third kappa shape index (κ3) is 4.62. The minimum Gasteiger partial charge on any atom is -0.497 e. The van der Waals surface area contributed by atoms with Crippen LogP contribution in [0.25, 0.3) is 0 Å². The van der Waals surface area contributed by atoms with Gasteiger partial charge in [0.05, 0.1) is 26.2 Å². The number of carboxylic acid groups (broad SMARTS) is 1. The Balaban J connectivity index is 1.91. The van der Waals surface area contributed by atoms with E-state index in [0.717, 1.165) is 18.4 Å². The van der Waals surface area contributed by atoms with E-state index in [2.05, 4.69) is 5.32 Å². The van der Waals surface area contributed by atoms with Gasteiger partial charge in [0.1, 0.15) is 17.3 Å². The second-order valence-electron chi connectivity index (χ2n) is 7.15. The van der Waals surface area contributed by atoms with Crippen molar-refractivity contribution in [3.8, 4) is 11.5 Å². The van der Waals surface area contributed by atoms with Gasteiger partial charge in [-0.3, -0.25) is 4.79 Å². The first kappa shape index (κ1) is 20.1. The molecular formula is C22H26FNO4. The maximum atomic E-state index is 14.1. The fourth-order valence-electron chi connectivity index (χ4n) is 3.86. The van der Waals surface area contributed by atoms with Gasteiger partial charge < -0.3 is 19.9 Å². The molecule has 0 aromatic heterocycles. The van der Waals surface area contributed by atoms with Crippen molar-refractivity contribution in [1.82, 2.24) is 5.32 Å². The Bertz CT molecular complexity index is 818. The van der Waals surface area contributed by atoms with Crippen LogP contribution < -0.4 is 14.8 Å². The molecule has 1 saturated carbocycles. The van der Waals surface area contributed by atoms with Crippen LogP contribution in [0.4, 0.5) is 4.39 Å². The molecule has 1 atom stereocenters. The van der Waals surface area contributed by atoms with Crippen LogP contribution in [0.15, 0.2) is 42.5 Å². The van der Waals surface area contributed by atoms with Crippen LogP contribution in [-0.2, 0) is 4.79 Å². The monoisotopic (exact) mass is 387 g/mol. The number of halogens is 1. The zero-order chi connectivity index (χ0) is 20.1. The lowest BCUT2D eigenvalue weighted by Gasteiger charge is -2.32. The molecule has 1 unspecified atom stereocenters. The average molecular weight is 387 g/mol. The Morgan fingerprint density at radius 2 is 1.86 bits per heavy atom. The van der Waals surface area contributed by atoms with Crippen LogP contribution in [0, 0.1) is 11.7 Å². The number of carboxylic acids is 1. The Labute approximate surface area is 164 Å². The maximum Gasteiger partial charge on any atom is 0.306 e.